The van der Waals surface area contributed by atoms with Crippen LogP contribution >= 0.6 is 0 Å². The van der Waals surface area contributed by atoms with Crippen molar-refractivity contribution in [1.29, 1.82) is 0 Å². The van der Waals surface area contributed by atoms with E-state index >= 15 is 0 Å². The van der Waals surface area contributed by atoms with Crippen molar-refractivity contribution in [1.82, 2.24) is 5.32 Å². The van der Waals surface area contributed by atoms with Crippen molar-refractivity contribution >= 4 is 11.7 Å². The van der Waals surface area contributed by atoms with Crippen molar-refractivity contribution in [3.05, 3.63) is 70.8 Å². The second-order valence-corrected chi connectivity index (χ2v) is 12.7. The second-order valence-electron chi connectivity index (χ2n) is 12.7. The molecule has 48 heavy (non-hydrogen) atoms. The largest absolute Gasteiger partial charge is 0.394 e. The summed E-state index contributed by atoms with van der Waals surface area (Å²) in [4.78, 5) is 25.5. The number of rotatable bonds is 16. The van der Waals surface area contributed by atoms with E-state index in [2.05, 4.69) is 5.32 Å². The monoisotopic (exact) mass is 675 g/mol. The van der Waals surface area contributed by atoms with Gasteiger partial charge in [0.25, 0.3) is 5.91 Å². The molecule has 0 unspecified atom stereocenters. The van der Waals surface area contributed by atoms with Gasteiger partial charge in [-0.15, -0.1) is 0 Å². The average Bonchev–Trinajstić information content (AvgIpc) is 3.10. The normalized spacial score (nSPS) is 30.6. The van der Waals surface area contributed by atoms with Gasteiger partial charge in [-0.05, 0) is 42.2 Å². The van der Waals surface area contributed by atoms with Crippen LogP contribution in [0, 0.1) is 0 Å². The van der Waals surface area contributed by atoms with Crippen molar-refractivity contribution in [2.45, 2.75) is 112 Å². The van der Waals surface area contributed by atoms with Gasteiger partial charge in [0, 0.05) is 24.1 Å². The SMILES string of the molecule is O=C(CCCCCCCCCNC(=O)c1cccc([C@H]2O[C@H](CO)[C@@H](O)[C@H](O)[C@H]2O)c1)c1cccc([C@H]2O[C@H](CO)[C@@H](O)[C@H](O)[C@@H]2O)c1. The number of carbonyl (C=O) groups is 2. The maximum atomic E-state index is 12.8. The maximum absolute atomic E-state index is 12.8. The number of hydrogen-bond donors (Lipinski definition) is 9. The molecule has 0 saturated carbocycles. The number of aliphatic hydroxyl groups excluding tert-OH is 8. The number of ether oxygens (including phenoxy) is 2. The molecule has 2 aliphatic rings. The number of aliphatic hydroxyl groups is 8. The Morgan fingerprint density at radius 2 is 1.04 bits per heavy atom. The van der Waals surface area contributed by atoms with Gasteiger partial charge in [-0.1, -0.05) is 62.4 Å². The predicted molar refractivity (Wildman–Crippen MR) is 172 cm³/mol. The smallest absolute Gasteiger partial charge is 0.251 e. The van der Waals surface area contributed by atoms with Crippen LogP contribution in [0.25, 0.3) is 0 Å². The average molecular weight is 676 g/mol. The van der Waals surface area contributed by atoms with E-state index in [9.17, 15) is 50.4 Å². The summed E-state index contributed by atoms with van der Waals surface area (Å²) in [5.41, 5.74) is 1.75. The molecule has 2 aromatic rings. The van der Waals surface area contributed by atoms with Crippen molar-refractivity contribution in [2.24, 2.45) is 0 Å². The molecular weight excluding hydrogens is 626 g/mol. The summed E-state index contributed by atoms with van der Waals surface area (Å²) in [6.45, 7) is -0.569. The molecule has 0 spiro atoms. The number of amides is 1. The zero-order chi connectivity index (χ0) is 34.8. The van der Waals surface area contributed by atoms with Gasteiger partial charge in [-0.25, -0.2) is 0 Å². The van der Waals surface area contributed by atoms with E-state index < -0.39 is 74.3 Å². The highest BCUT2D eigenvalue weighted by atomic mass is 16.6. The van der Waals surface area contributed by atoms with E-state index in [0.29, 0.717) is 35.2 Å². The van der Waals surface area contributed by atoms with Crippen LogP contribution in [0.4, 0.5) is 0 Å². The summed E-state index contributed by atoms with van der Waals surface area (Å²) in [7, 11) is 0. The summed E-state index contributed by atoms with van der Waals surface area (Å²) in [6.07, 6.45) is -6.14. The molecule has 0 bridgehead atoms. The van der Waals surface area contributed by atoms with Crippen LogP contribution in [0.2, 0.25) is 0 Å². The first-order valence-corrected chi connectivity index (χ1v) is 16.7. The Morgan fingerprint density at radius 3 is 1.56 bits per heavy atom. The van der Waals surface area contributed by atoms with Crippen LogP contribution in [-0.4, -0.2) is 121 Å². The van der Waals surface area contributed by atoms with Crippen molar-refractivity contribution in [2.75, 3.05) is 19.8 Å². The summed E-state index contributed by atoms with van der Waals surface area (Å²) < 4.78 is 11.2. The molecule has 1 amide bonds. The molecule has 10 atom stereocenters. The fourth-order valence-electron chi connectivity index (χ4n) is 6.24. The molecule has 2 aromatic carbocycles. The van der Waals surface area contributed by atoms with E-state index in [1.807, 2.05) is 0 Å². The zero-order valence-electron chi connectivity index (χ0n) is 26.9. The van der Waals surface area contributed by atoms with Crippen LogP contribution in [0.5, 0.6) is 0 Å². The molecule has 9 N–H and O–H groups in total. The Morgan fingerprint density at radius 1 is 0.583 bits per heavy atom. The molecule has 0 aromatic heterocycles. The van der Waals surface area contributed by atoms with Crippen LogP contribution in [0.1, 0.15) is 95.4 Å². The van der Waals surface area contributed by atoms with E-state index in [1.165, 1.54) is 0 Å². The molecule has 2 saturated heterocycles. The first-order chi connectivity index (χ1) is 23.1. The van der Waals surface area contributed by atoms with E-state index in [0.717, 1.165) is 44.9 Å². The van der Waals surface area contributed by atoms with Crippen molar-refractivity contribution in [3.63, 3.8) is 0 Å². The lowest BCUT2D eigenvalue weighted by atomic mass is 9.90. The molecule has 0 radical (unpaired) electrons. The van der Waals surface area contributed by atoms with Crippen LogP contribution < -0.4 is 5.32 Å². The molecule has 2 heterocycles. The van der Waals surface area contributed by atoms with Crippen LogP contribution in [0.3, 0.4) is 0 Å². The van der Waals surface area contributed by atoms with Gasteiger partial charge in [-0.3, -0.25) is 9.59 Å². The van der Waals surface area contributed by atoms with Gasteiger partial charge < -0.3 is 55.6 Å². The first-order valence-electron chi connectivity index (χ1n) is 16.7. The number of carbonyl (C=O) groups excluding carboxylic acids is 2. The highest BCUT2D eigenvalue weighted by molar-refractivity contribution is 5.96. The van der Waals surface area contributed by atoms with Gasteiger partial charge in [0.2, 0.25) is 0 Å². The predicted octanol–water partition coefficient (Wildman–Crippen LogP) is 0.450. The lowest BCUT2D eigenvalue weighted by Crippen LogP contribution is -2.55. The highest BCUT2D eigenvalue weighted by Crippen LogP contribution is 2.34. The number of ketones is 1. The van der Waals surface area contributed by atoms with Gasteiger partial charge in [0.15, 0.2) is 5.78 Å². The minimum Gasteiger partial charge on any atom is -0.394 e. The van der Waals surface area contributed by atoms with E-state index in [1.54, 1.807) is 48.5 Å². The summed E-state index contributed by atoms with van der Waals surface area (Å²) >= 11 is 0. The lowest BCUT2D eigenvalue weighted by Gasteiger charge is -2.40. The maximum Gasteiger partial charge on any atom is 0.251 e. The second kappa shape index (κ2) is 18.3. The Labute approximate surface area is 279 Å². The summed E-state index contributed by atoms with van der Waals surface area (Å²) in [5, 5.41) is 82.8. The topological polar surface area (TPSA) is 226 Å². The molecule has 2 aliphatic heterocycles. The third-order valence-electron chi connectivity index (χ3n) is 9.17. The van der Waals surface area contributed by atoms with Crippen molar-refractivity contribution in [3.8, 4) is 0 Å². The van der Waals surface area contributed by atoms with Crippen LogP contribution in [-0.2, 0) is 9.47 Å². The molecule has 266 valence electrons. The first kappa shape index (κ1) is 38.0. The number of hydrogen-bond acceptors (Lipinski definition) is 12. The lowest BCUT2D eigenvalue weighted by molar-refractivity contribution is -0.231. The Bertz CT molecular complexity index is 1220. The highest BCUT2D eigenvalue weighted by Gasteiger charge is 2.45. The minimum absolute atomic E-state index is 0.0455. The van der Waals surface area contributed by atoms with Gasteiger partial charge in [-0.2, -0.15) is 0 Å². The molecule has 0 aliphatic carbocycles. The molecule has 2 fully saturated rings. The van der Waals surface area contributed by atoms with Gasteiger partial charge in [0.1, 0.15) is 61.0 Å². The minimum atomic E-state index is -1.50. The zero-order valence-corrected chi connectivity index (χ0v) is 26.9. The molecule has 13 heteroatoms. The third-order valence-corrected chi connectivity index (χ3v) is 9.17. The Hall–Kier alpha value is -2.82. The molecule has 13 nitrogen and oxygen atoms in total. The fraction of sp³-hybridized carbons (Fsp3) is 0.600. The quantitative estimate of drug-likeness (QED) is 0.0873. The van der Waals surface area contributed by atoms with E-state index in [-0.39, 0.29) is 11.7 Å². The molecule has 4 rings (SSSR count). The summed E-state index contributed by atoms with van der Waals surface area (Å²) in [5.74, 6) is -0.333. The van der Waals surface area contributed by atoms with Crippen LogP contribution in [0.15, 0.2) is 48.5 Å². The number of unbranched alkanes of at least 4 members (excludes halogenated alkanes) is 6. The fourth-order valence-corrected chi connectivity index (χ4v) is 6.24. The van der Waals surface area contributed by atoms with Gasteiger partial charge in [0.05, 0.1) is 13.2 Å². The number of nitrogens with one attached hydrogen (secondary N) is 1. The number of Topliss-reactive ketones (excluding diaryl/α,β-unsaturated/α-hetero) is 1. The summed E-state index contributed by atoms with van der Waals surface area (Å²) in [6, 6.07) is 13.1. The third kappa shape index (κ3) is 9.45. The van der Waals surface area contributed by atoms with E-state index in [4.69, 9.17) is 9.47 Å². The number of benzene rings is 2. The standard InChI is InChI=1S/C35H49NO12/c37-18-25-27(40)29(42)31(44)33(47-25)21-11-8-10-20(16-21)24(39)14-6-4-2-1-3-5-7-15-36-35(46)23-13-9-12-22(17-23)34-32(45)30(43)28(41)26(19-38)48-34/h8-13,16-17,25-34,37-38,40-45H,1-7,14-15,18-19H2,(H,36,46)/t25-,26-,27-,28-,29+,30+,31+,32-,33-,34-/m1/s1. The van der Waals surface area contributed by atoms with Crippen molar-refractivity contribution < 1.29 is 59.9 Å². The van der Waals surface area contributed by atoms with Gasteiger partial charge >= 0.3 is 0 Å². The Kier molecular flexibility index (Phi) is 14.4. The Balaban J connectivity index is 1.10. The molecular formula is C35H49NO12.